The van der Waals surface area contributed by atoms with Crippen molar-refractivity contribution < 1.29 is 0 Å². The van der Waals surface area contributed by atoms with E-state index >= 15 is 0 Å². The fourth-order valence-electron chi connectivity index (χ4n) is 3.31. The Hall–Kier alpha value is -3.25. The molecule has 4 aromatic rings. The fourth-order valence-corrected chi connectivity index (χ4v) is 3.31. The molecule has 0 aliphatic rings. The summed E-state index contributed by atoms with van der Waals surface area (Å²) in [6, 6.07) is 19.8. The Morgan fingerprint density at radius 1 is 1.00 bits per heavy atom. The summed E-state index contributed by atoms with van der Waals surface area (Å²) in [7, 11) is 0. The Balaban J connectivity index is 1.58. The normalized spacial score (nSPS) is 11.2. The smallest absolute Gasteiger partial charge is 0.274 e. The molecule has 0 saturated heterocycles. The van der Waals surface area contributed by atoms with Gasteiger partial charge in [-0.25, -0.2) is 4.98 Å². The quantitative estimate of drug-likeness (QED) is 0.521. The third-order valence-corrected chi connectivity index (χ3v) is 4.65. The van der Waals surface area contributed by atoms with E-state index in [-0.39, 0.29) is 5.56 Å². The zero-order valence-electron chi connectivity index (χ0n) is 15.9. The predicted octanol–water partition coefficient (Wildman–Crippen LogP) is 3.33. The molecule has 2 heterocycles. The van der Waals surface area contributed by atoms with Gasteiger partial charge < -0.3 is 5.32 Å². The molecule has 0 aliphatic heterocycles. The van der Waals surface area contributed by atoms with Crippen LogP contribution in [0.2, 0.25) is 0 Å². The lowest BCUT2D eigenvalue weighted by atomic mass is 10.0. The first kappa shape index (κ1) is 18.1. The van der Waals surface area contributed by atoms with Gasteiger partial charge in [-0.05, 0) is 17.5 Å². The first-order chi connectivity index (χ1) is 13.7. The maximum atomic E-state index is 12.5. The van der Waals surface area contributed by atoms with E-state index in [1.165, 1.54) is 15.6 Å². The molecule has 0 fully saturated rings. The highest BCUT2D eigenvalue weighted by Gasteiger charge is 2.12. The molecule has 0 radical (unpaired) electrons. The SMILES string of the molecule is CCCc1ccccc1-c1nc2nc(CNCc3ccccc3)cc(=O)n2[nH]1. The highest BCUT2D eigenvalue weighted by atomic mass is 16.1. The molecular formula is C22H23N5O. The van der Waals surface area contributed by atoms with Crippen LogP contribution in [0.1, 0.15) is 30.2 Å². The fraction of sp³-hybridized carbons (Fsp3) is 0.227. The minimum atomic E-state index is -0.159. The number of hydrogen-bond acceptors (Lipinski definition) is 4. The van der Waals surface area contributed by atoms with Gasteiger partial charge in [-0.1, -0.05) is 67.9 Å². The van der Waals surface area contributed by atoms with Crippen LogP contribution in [0.15, 0.2) is 65.5 Å². The predicted molar refractivity (Wildman–Crippen MR) is 110 cm³/mol. The van der Waals surface area contributed by atoms with Crippen molar-refractivity contribution >= 4 is 5.78 Å². The van der Waals surface area contributed by atoms with Gasteiger partial charge in [0.05, 0.1) is 5.69 Å². The van der Waals surface area contributed by atoms with Gasteiger partial charge in [0.15, 0.2) is 5.82 Å². The number of nitrogens with one attached hydrogen (secondary N) is 2. The lowest BCUT2D eigenvalue weighted by Crippen LogP contribution is -2.20. The zero-order valence-corrected chi connectivity index (χ0v) is 15.9. The van der Waals surface area contributed by atoms with Crippen LogP contribution in [0.4, 0.5) is 0 Å². The average Bonchev–Trinajstić information content (AvgIpc) is 3.14. The van der Waals surface area contributed by atoms with Crippen LogP contribution in [0, 0.1) is 0 Å². The van der Waals surface area contributed by atoms with Crippen molar-refractivity contribution in [2.75, 3.05) is 0 Å². The molecule has 0 aliphatic carbocycles. The minimum absolute atomic E-state index is 0.159. The highest BCUT2D eigenvalue weighted by Crippen LogP contribution is 2.21. The summed E-state index contributed by atoms with van der Waals surface area (Å²) in [5.41, 5.74) is 3.93. The number of H-pyrrole nitrogens is 1. The van der Waals surface area contributed by atoms with Crippen LogP contribution in [0.5, 0.6) is 0 Å². The van der Waals surface area contributed by atoms with E-state index in [9.17, 15) is 4.79 Å². The van der Waals surface area contributed by atoms with Crippen molar-refractivity contribution in [2.24, 2.45) is 0 Å². The Morgan fingerprint density at radius 2 is 1.79 bits per heavy atom. The molecule has 0 amide bonds. The van der Waals surface area contributed by atoms with Gasteiger partial charge in [-0.2, -0.15) is 9.50 Å². The second-order valence-corrected chi connectivity index (χ2v) is 6.79. The number of aryl methyl sites for hydroxylation is 1. The third-order valence-electron chi connectivity index (χ3n) is 4.65. The van der Waals surface area contributed by atoms with Gasteiger partial charge in [-0.15, -0.1) is 0 Å². The standard InChI is InChI=1S/C22H23N5O/c1-2-8-17-11-6-7-12-19(17)21-25-22-24-18(13-20(28)27(22)26-21)15-23-14-16-9-4-3-5-10-16/h3-7,9-13,23H,2,8,14-15H2,1H3,(H,24,25,26). The molecule has 2 N–H and O–H groups in total. The Kier molecular flexibility index (Phi) is 5.30. The van der Waals surface area contributed by atoms with Gasteiger partial charge in [0.2, 0.25) is 0 Å². The number of hydrogen-bond donors (Lipinski definition) is 2. The van der Waals surface area contributed by atoms with E-state index in [0.717, 1.165) is 24.9 Å². The summed E-state index contributed by atoms with van der Waals surface area (Å²) in [6.07, 6.45) is 2.01. The van der Waals surface area contributed by atoms with Crippen molar-refractivity contribution in [1.29, 1.82) is 0 Å². The summed E-state index contributed by atoms with van der Waals surface area (Å²) in [5, 5.41) is 6.42. The summed E-state index contributed by atoms with van der Waals surface area (Å²) in [5.74, 6) is 1.06. The van der Waals surface area contributed by atoms with Crippen molar-refractivity contribution in [2.45, 2.75) is 32.9 Å². The second kappa shape index (κ2) is 8.19. The van der Waals surface area contributed by atoms with Crippen LogP contribution >= 0.6 is 0 Å². The molecule has 2 aromatic carbocycles. The minimum Gasteiger partial charge on any atom is -0.307 e. The van der Waals surface area contributed by atoms with Crippen LogP contribution in [-0.2, 0) is 19.5 Å². The molecule has 142 valence electrons. The van der Waals surface area contributed by atoms with Gasteiger partial charge >= 0.3 is 0 Å². The van der Waals surface area contributed by atoms with Crippen molar-refractivity contribution in [1.82, 2.24) is 24.9 Å². The van der Waals surface area contributed by atoms with E-state index in [2.05, 4.69) is 45.5 Å². The second-order valence-electron chi connectivity index (χ2n) is 6.79. The first-order valence-electron chi connectivity index (χ1n) is 9.56. The molecule has 0 saturated carbocycles. The first-order valence-corrected chi connectivity index (χ1v) is 9.56. The summed E-state index contributed by atoms with van der Waals surface area (Å²) >= 11 is 0. The largest absolute Gasteiger partial charge is 0.307 e. The zero-order chi connectivity index (χ0) is 19.3. The van der Waals surface area contributed by atoms with Crippen LogP contribution in [0.25, 0.3) is 17.2 Å². The summed E-state index contributed by atoms with van der Waals surface area (Å²) in [4.78, 5) is 21.6. The lowest BCUT2D eigenvalue weighted by molar-refractivity contribution is 0.676. The molecule has 0 unspecified atom stereocenters. The topological polar surface area (TPSA) is 75.1 Å². The molecule has 4 rings (SSSR count). The summed E-state index contributed by atoms with van der Waals surface area (Å²) < 4.78 is 1.40. The molecule has 0 spiro atoms. The molecular weight excluding hydrogens is 350 g/mol. The molecule has 2 aromatic heterocycles. The van der Waals surface area contributed by atoms with E-state index in [4.69, 9.17) is 0 Å². The van der Waals surface area contributed by atoms with Gasteiger partial charge in [0, 0.05) is 24.7 Å². The Morgan fingerprint density at radius 3 is 2.61 bits per heavy atom. The van der Waals surface area contributed by atoms with Crippen LogP contribution in [-0.4, -0.2) is 19.6 Å². The number of fused-ring (bicyclic) bond motifs is 1. The van der Waals surface area contributed by atoms with Crippen molar-refractivity contribution in [3.05, 3.63) is 87.8 Å². The van der Waals surface area contributed by atoms with Crippen LogP contribution < -0.4 is 10.9 Å². The van der Waals surface area contributed by atoms with E-state index in [1.54, 1.807) is 6.07 Å². The maximum absolute atomic E-state index is 12.5. The molecule has 0 bridgehead atoms. The van der Waals surface area contributed by atoms with Crippen molar-refractivity contribution in [3.8, 4) is 11.4 Å². The average molecular weight is 373 g/mol. The van der Waals surface area contributed by atoms with Gasteiger partial charge in [0.25, 0.3) is 11.3 Å². The van der Waals surface area contributed by atoms with Crippen LogP contribution in [0.3, 0.4) is 0 Å². The van der Waals surface area contributed by atoms with Gasteiger partial charge in [0.1, 0.15) is 0 Å². The monoisotopic (exact) mass is 373 g/mol. The number of benzene rings is 2. The number of rotatable bonds is 7. The number of aromatic nitrogens is 4. The van der Waals surface area contributed by atoms with E-state index < -0.39 is 0 Å². The lowest BCUT2D eigenvalue weighted by Gasteiger charge is -2.04. The molecule has 0 atom stereocenters. The molecule has 6 nitrogen and oxygen atoms in total. The molecule has 6 heteroatoms. The third kappa shape index (κ3) is 3.87. The molecule has 28 heavy (non-hydrogen) atoms. The van der Waals surface area contributed by atoms with Crippen molar-refractivity contribution in [3.63, 3.8) is 0 Å². The Labute approximate surface area is 163 Å². The van der Waals surface area contributed by atoms with E-state index in [0.29, 0.717) is 23.8 Å². The summed E-state index contributed by atoms with van der Waals surface area (Å²) in [6.45, 7) is 3.38. The van der Waals surface area contributed by atoms with Gasteiger partial charge in [-0.3, -0.25) is 9.89 Å². The Bertz CT molecular complexity index is 1130. The van der Waals surface area contributed by atoms with E-state index in [1.807, 2.05) is 36.4 Å². The number of aromatic amines is 1. The highest BCUT2D eigenvalue weighted by molar-refractivity contribution is 5.61. The number of nitrogens with zero attached hydrogens (tertiary/aromatic N) is 3. The maximum Gasteiger partial charge on any atom is 0.274 e.